The molecule has 35 heavy (non-hydrogen) atoms. The molecule has 0 spiro atoms. The molecule has 1 fully saturated rings. The Bertz CT molecular complexity index is 1190. The van der Waals surface area contributed by atoms with Crippen LogP contribution in [0.4, 0.5) is 14.6 Å². The van der Waals surface area contributed by atoms with Gasteiger partial charge in [0.15, 0.2) is 0 Å². The molecule has 6 nitrogen and oxygen atoms in total. The molecule has 1 aliphatic rings. The third kappa shape index (κ3) is 7.04. The maximum absolute atomic E-state index is 13.1. The maximum Gasteiger partial charge on any atom is 0.267 e. The minimum atomic E-state index is -2.97. The second kappa shape index (κ2) is 11.8. The van der Waals surface area contributed by atoms with Gasteiger partial charge in [-0.3, -0.25) is 9.59 Å². The molecule has 1 aliphatic carbocycles. The average Bonchev–Trinajstić information content (AvgIpc) is 3.42. The predicted molar refractivity (Wildman–Crippen MR) is 137 cm³/mol. The van der Waals surface area contributed by atoms with E-state index >= 15 is 0 Å². The van der Waals surface area contributed by atoms with Gasteiger partial charge in [0, 0.05) is 29.6 Å². The second-order valence-electron chi connectivity index (χ2n) is 8.66. The van der Waals surface area contributed by atoms with Crippen LogP contribution in [0.25, 0.3) is 16.5 Å². The van der Waals surface area contributed by atoms with Crippen molar-refractivity contribution in [2.45, 2.75) is 66.2 Å². The number of nitrogens with two attached hydrogens (primary N) is 1. The number of nitrogens with zero attached hydrogens (tertiary/aromatic N) is 2. The number of nitrogens with one attached hydrogen (secondary N) is 1. The van der Waals surface area contributed by atoms with Gasteiger partial charge < -0.3 is 11.1 Å². The van der Waals surface area contributed by atoms with E-state index < -0.39 is 30.1 Å². The number of amides is 2. The molecule has 0 saturated heterocycles. The van der Waals surface area contributed by atoms with E-state index in [-0.39, 0.29) is 11.5 Å². The van der Waals surface area contributed by atoms with Crippen molar-refractivity contribution in [1.29, 1.82) is 0 Å². The summed E-state index contributed by atoms with van der Waals surface area (Å²) in [7, 11) is 0. The van der Waals surface area contributed by atoms with E-state index in [4.69, 9.17) is 5.73 Å². The molecule has 2 aromatic heterocycles. The lowest BCUT2D eigenvalue weighted by atomic mass is 9.94. The molecule has 3 rings (SSSR count). The van der Waals surface area contributed by atoms with Gasteiger partial charge >= 0.3 is 0 Å². The zero-order valence-corrected chi connectivity index (χ0v) is 21.0. The van der Waals surface area contributed by atoms with E-state index in [9.17, 15) is 18.4 Å². The van der Waals surface area contributed by atoms with Crippen molar-refractivity contribution in [2.75, 3.05) is 5.32 Å². The molecular weight excluding hydrogens is 450 g/mol. The number of aromatic nitrogens is 2. The van der Waals surface area contributed by atoms with E-state index in [1.165, 1.54) is 18.7 Å². The van der Waals surface area contributed by atoms with Gasteiger partial charge in [0.2, 0.25) is 5.91 Å². The molecule has 0 radical (unpaired) electrons. The highest BCUT2D eigenvalue weighted by atomic mass is 19.3. The molecule has 188 valence electrons. The fourth-order valence-corrected chi connectivity index (χ4v) is 3.61. The highest BCUT2D eigenvalue weighted by molar-refractivity contribution is 6.02. The summed E-state index contributed by atoms with van der Waals surface area (Å²) >= 11 is 0. The van der Waals surface area contributed by atoms with Crippen LogP contribution in [0.1, 0.15) is 76.4 Å². The van der Waals surface area contributed by atoms with Crippen molar-refractivity contribution in [3.8, 4) is 0 Å². The van der Waals surface area contributed by atoms with Crippen molar-refractivity contribution in [3.63, 3.8) is 0 Å². The molecule has 0 bridgehead atoms. The molecule has 2 aromatic rings. The number of hydrogen-bond acceptors (Lipinski definition) is 4. The quantitative estimate of drug-likeness (QED) is 0.421. The summed E-state index contributed by atoms with van der Waals surface area (Å²) in [6.45, 7) is 14.2. The minimum Gasteiger partial charge on any atom is -0.364 e. The van der Waals surface area contributed by atoms with E-state index in [0.717, 1.165) is 29.6 Å². The number of hydrogen-bond donors (Lipinski definition) is 2. The van der Waals surface area contributed by atoms with Gasteiger partial charge in [-0.05, 0) is 37.5 Å². The van der Waals surface area contributed by atoms with E-state index in [1.54, 1.807) is 6.07 Å². The number of rotatable bonds is 8. The van der Waals surface area contributed by atoms with Crippen LogP contribution < -0.4 is 11.1 Å². The van der Waals surface area contributed by atoms with E-state index in [0.29, 0.717) is 16.5 Å². The number of allylic oxidation sites excluding steroid dienone is 5. The van der Waals surface area contributed by atoms with Crippen molar-refractivity contribution in [1.82, 2.24) is 9.97 Å². The number of halogens is 2. The minimum absolute atomic E-state index is 0.0663. The standard InChI is InChI=1S/C24H26F2N4O2.C3H8/c1-5-7-13(3)8-14(4)16(6-2)17-9-15-12-28-20(10-19(15)29-21(17)22(27)31)30-23(32)18-11-24(18,25)26;1-3-2/h6,8-10,12,18H,3,5,7,11H2,1-2,4H3,(H2,27,31)(H,28,30,32);3H2,1-2H3/b14-8-,16-6+;. The molecule has 1 saturated carbocycles. The number of fused-ring (bicyclic) bond motifs is 1. The van der Waals surface area contributed by atoms with Crippen LogP contribution in [0.3, 0.4) is 0 Å². The lowest BCUT2D eigenvalue weighted by Gasteiger charge is -2.14. The van der Waals surface area contributed by atoms with Gasteiger partial charge in [-0.2, -0.15) is 0 Å². The second-order valence-corrected chi connectivity index (χ2v) is 8.66. The Balaban J connectivity index is 0.00000137. The molecule has 0 aromatic carbocycles. The van der Waals surface area contributed by atoms with Crippen LogP contribution in [-0.4, -0.2) is 27.7 Å². The van der Waals surface area contributed by atoms with Gasteiger partial charge in [-0.25, -0.2) is 18.7 Å². The normalized spacial score (nSPS) is 16.8. The van der Waals surface area contributed by atoms with Crippen LogP contribution in [0.2, 0.25) is 0 Å². The number of anilines is 1. The third-order valence-electron chi connectivity index (χ3n) is 5.32. The monoisotopic (exact) mass is 484 g/mol. The van der Waals surface area contributed by atoms with E-state index in [1.807, 2.05) is 26.0 Å². The van der Waals surface area contributed by atoms with Crippen LogP contribution >= 0.6 is 0 Å². The van der Waals surface area contributed by atoms with Crippen molar-refractivity contribution in [2.24, 2.45) is 11.7 Å². The molecule has 8 heteroatoms. The van der Waals surface area contributed by atoms with Gasteiger partial charge in [0.1, 0.15) is 17.4 Å². The van der Waals surface area contributed by atoms with Gasteiger partial charge in [-0.1, -0.05) is 57.9 Å². The molecule has 1 unspecified atom stereocenters. The highest BCUT2D eigenvalue weighted by Gasteiger charge is 2.61. The first-order chi connectivity index (χ1) is 16.5. The summed E-state index contributed by atoms with van der Waals surface area (Å²) in [4.78, 5) is 32.7. The molecule has 2 heterocycles. The number of carbonyl (C=O) groups is 2. The zero-order chi connectivity index (χ0) is 26.3. The predicted octanol–water partition coefficient (Wildman–Crippen LogP) is 6.44. The van der Waals surface area contributed by atoms with Gasteiger partial charge in [-0.15, -0.1) is 0 Å². The van der Waals surface area contributed by atoms with Gasteiger partial charge in [0.25, 0.3) is 11.8 Å². The van der Waals surface area contributed by atoms with Crippen LogP contribution in [0.5, 0.6) is 0 Å². The number of primary amides is 1. The van der Waals surface area contributed by atoms with Crippen LogP contribution in [0.15, 0.2) is 48.2 Å². The Morgan fingerprint density at radius 2 is 1.91 bits per heavy atom. The first-order valence-corrected chi connectivity index (χ1v) is 11.8. The SMILES string of the molecule is C=C(/C=C(C)\C(=C/C)c1cc2cnc(NC(=O)C3CC3(F)F)cc2nc1C(N)=O)CCC.CCC. The fraction of sp³-hybridized carbons (Fsp3) is 0.407. The number of carbonyl (C=O) groups excluding carboxylic acids is 2. The number of pyridine rings is 2. The maximum atomic E-state index is 13.1. The Morgan fingerprint density at radius 3 is 2.43 bits per heavy atom. The molecule has 2 amide bonds. The molecule has 3 N–H and O–H groups in total. The molecular formula is C27H34F2N4O2. The zero-order valence-electron chi connectivity index (χ0n) is 21.0. The Hall–Kier alpha value is -3.42. The largest absolute Gasteiger partial charge is 0.364 e. The molecule has 0 aliphatic heterocycles. The summed E-state index contributed by atoms with van der Waals surface area (Å²) in [6.07, 6.45) is 7.93. The fourth-order valence-electron chi connectivity index (χ4n) is 3.61. The topological polar surface area (TPSA) is 98.0 Å². The van der Waals surface area contributed by atoms with Gasteiger partial charge in [0.05, 0.1) is 5.52 Å². The Morgan fingerprint density at radius 1 is 1.29 bits per heavy atom. The average molecular weight is 485 g/mol. The first kappa shape index (κ1) is 27.8. The van der Waals surface area contributed by atoms with Crippen LogP contribution in [-0.2, 0) is 4.79 Å². The summed E-state index contributed by atoms with van der Waals surface area (Å²) < 4.78 is 26.2. The Labute approximate surface area is 205 Å². The number of alkyl halides is 2. The van der Waals surface area contributed by atoms with E-state index in [2.05, 4.69) is 42.6 Å². The highest BCUT2D eigenvalue weighted by Crippen LogP contribution is 2.49. The summed E-state index contributed by atoms with van der Waals surface area (Å²) in [6, 6.07) is 3.19. The van der Waals surface area contributed by atoms with Crippen molar-refractivity contribution >= 4 is 34.1 Å². The smallest absolute Gasteiger partial charge is 0.267 e. The molecule has 1 atom stereocenters. The van der Waals surface area contributed by atoms with Crippen molar-refractivity contribution < 1.29 is 18.4 Å². The third-order valence-corrected chi connectivity index (χ3v) is 5.32. The van der Waals surface area contributed by atoms with Crippen molar-refractivity contribution in [3.05, 3.63) is 59.5 Å². The summed E-state index contributed by atoms with van der Waals surface area (Å²) in [5, 5.41) is 2.99. The lowest BCUT2D eigenvalue weighted by molar-refractivity contribution is -0.119. The first-order valence-electron chi connectivity index (χ1n) is 11.8. The lowest BCUT2D eigenvalue weighted by Crippen LogP contribution is -2.18. The Kier molecular flexibility index (Phi) is 9.40. The van der Waals surface area contributed by atoms with Crippen LogP contribution in [0, 0.1) is 5.92 Å². The summed E-state index contributed by atoms with van der Waals surface area (Å²) in [5.74, 6) is -5.73. The summed E-state index contributed by atoms with van der Waals surface area (Å²) in [5.41, 5.74) is 9.28.